The Balaban J connectivity index is 1.79. The van der Waals surface area contributed by atoms with Crippen LogP contribution < -0.4 is 0 Å². The van der Waals surface area contributed by atoms with Crippen molar-refractivity contribution in [2.75, 3.05) is 0 Å². The minimum atomic E-state index is -1.33. The zero-order valence-electron chi connectivity index (χ0n) is 21.4. The molecule has 0 radical (unpaired) electrons. The first-order valence-corrected chi connectivity index (χ1v) is 13.0. The molecule has 5 rings (SSSR count). The molecule has 2 atom stereocenters. The van der Waals surface area contributed by atoms with E-state index in [1.54, 1.807) is 12.1 Å². The van der Waals surface area contributed by atoms with Gasteiger partial charge in [0.2, 0.25) is 0 Å². The molecule has 1 unspecified atom stereocenters. The molecule has 7 heteroatoms. The van der Waals surface area contributed by atoms with E-state index in [-0.39, 0.29) is 12.3 Å². The van der Waals surface area contributed by atoms with Gasteiger partial charge in [0.1, 0.15) is 11.9 Å². The average molecular weight is 516 g/mol. The van der Waals surface area contributed by atoms with Gasteiger partial charge >= 0.3 is 11.9 Å². The Morgan fingerprint density at radius 2 is 1.97 bits per heavy atom. The van der Waals surface area contributed by atoms with Gasteiger partial charge in [-0.15, -0.1) is 0 Å². The molecular formula is C31H30FNO5. The molecule has 0 saturated carbocycles. The van der Waals surface area contributed by atoms with Crippen molar-refractivity contribution in [2.24, 2.45) is 0 Å². The van der Waals surface area contributed by atoms with Gasteiger partial charge in [-0.1, -0.05) is 50.3 Å². The van der Waals surface area contributed by atoms with Crippen molar-refractivity contribution in [2.45, 2.75) is 64.1 Å². The van der Waals surface area contributed by atoms with Crippen molar-refractivity contribution in [3.8, 4) is 22.4 Å². The van der Waals surface area contributed by atoms with Gasteiger partial charge in [0.25, 0.3) is 0 Å². The summed E-state index contributed by atoms with van der Waals surface area (Å²) in [6.07, 6.45) is 4.98. The normalized spacial score (nSPS) is 19.1. The van der Waals surface area contributed by atoms with Crippen molar-refractivity contribution in [1.82, 2.24) is 4.98 Å². The first-order chi connectivity index (χ1) is 18.2. The number of carbonyl (C=O) groups excluding carboxylic acids is 1. The van der Waals surface area contributed by atoms with Crippen LogP contribution in [-0.2, 0) is 22.4 Å². The summed E-state index contributed by atoms with van der Waals surface area (Å²) in [5.74, 6) is -2.58. The number of aryl methyl sites for hydroxylation is 1. The van der Waals surface area contributed by atoms with Gasteiger partial charge in [-0.3, -0.25) is 9.78 Å². The van der Waals surface area contributed by atoms with Crippen molar-refractivity contribution in [3.63, 3.8) is 0 Å². The van der Waals surface area contributed by atoms with Crippen LogP contribution in [0.3, 0.4) is 0 Å². The Morgan fingerprint density at radius 3 is 2.71 bits per heavy atom. The van der Waals surface area contributed by atoms with Crippen molar-refractivity contribution in [3.05, 3.63) is 82.3 Å². The minimum absolute atomic E-state index is 0.00741. The summed E-state index contributed by atoms with van der Waals surface area (Å²) < 4.78 is 19.9. The topological polar surface area (TPSA) is 96.7 Å². The summed E-state index contributed by atoms with van der Waals surface area (Å²) in [6, 6.07) is 12.4. The highest BCUT2D eigenvalue weighted by atomic mass is 19.1. The Kier molecular flexibility index (Phi) is 7.13. The molecule has 1 aliphatic carbocycles. The minimum Gasteiger partial charge on any atom is -0.478 e. The molecule has 2 aliphatic rings. The summed E-state index contributed by atoms with van der Waals surface area (Å²) >= 11 is 0. The fourth-order valence-corrected chi connectivity index (χ4v) is 5.46. The van der Waals surface area contributed by atoms with Crippen molar-refractivity contribution in [1.29, 1.82) is 0 Å². The number of pyridine rings is 1. The van der Waals surface area contributed by atoms with E-state index in [2.05, 4.69) is 12.1 Å². The monoisotopic (exact) mass is 515 g/mol. The lowest BCUT2D eigenvalue weighted by molar-refractivity contribution is -0.156. The zero-order chi connectivity index (χ0) is 27.0. The number of rotatable bonds is 5. The molecular weight excluding hydrogens is 485 g/mol. The number of aromatic carboxylic acids is 1. The number of benzene rings is 2. The van der Waals surface area contributed by atoms with Crippen LogP contribution in [0, 0.1) is 5.82 Å². The van der Waals surface area contributed by atoms with Crippen LogP contribution in [0.1, 0.15) is 71.8 Å². The number of ether oxygens (including phenoxy) is 1. The predicted octanol–water partition coefficient (Wildman–Crippen LogP) is 5.94. The number of halogens is 1. The van der Waals surface area contributed by atoms with Gasteiger partial charge in [0, 0.05) is 17.5 Å². The fraction of sp³-hybridized carbons (Fsp3) is 0.323. The second-order valence-electron chi connectivity index (χ2n) is 10.3. The third kappa shape index (κ3) is 4.98. The molecule has 1 aromatic heterocycles. The van der Waals surface area contributed by atoms with E-state index in [1.807, 2.05) is 32.1 Å². The van der Waals surface area contributed by atoms with Crippen LogP contribution in [0.15, 0.2) is 48.5 Å². The Morgan fingerprint density at radius 1 is 1.18 bits per heavy atom. The molecule has 0 bridgehead atoms. The number of aliphatic hydroxyl groups is 1. The molecule has 38 heavy (non-hydrogen) atoms. The summed E-state index contributed by atoms with van der Waals surface area (Å²) in [5.41, 5.74) is 6.65. The van der Waals surface area contributed by atoms with Gasteiger partial charge in [0.05, 0.1) is 29.5 Å². The molecule has 2 aromatic carbocycles. The number of carboxylic acid groups (broad SMARTS) is 1. The highest BCUT2D eigenvalue weighted by molar-refractivity contribution is 5.92. The van der Waals surface area contributed by atoms with Crippen molar-refractivity contribution >= 4 is 18.0 Å². The molecule has 0 amide bonds. The van der Waals surface area contributed by atoms with Gasteiger partial charge in [-0.25, -0.2) is 9.18 Å². The lowest BCUT2D eigenvalue weighted by atomic mass is 9.86. The van der Waals surface area contributed by atoms with Gasteiger partial charge in [0.15, 0.2) is 0 Å². The van der Waals surface area contributed by atoms with E-state index in [1.165, 1.54) is 17.7 Å². The van der Waals surface area contributed by atoms with Crippen LogP contribution >= 0.6 is 0 Å². The standard InChI is InChI=1S/C31H30FNO5/c1-17(2)29-24(12-11-21-15-20(34)16-27(35)38-21)28(19-10-13-26(32)25(14-19)31(36)37)23-9-5-7-18-6-3-4-8-22(18)30(23)33-29/h3-4,6,8,10-14,17,20-21,34H,5,7,9,15-16H2,1-2H3,(H,36,37)/t20?,21-/m1/s1. The number of hydrogen-bond donors (Lipinski definition) is 2. The maximum atomic E-state index is 14.4. The summed E-state index contributed by atoms with van der Waals surface area (Å²) in [7, 11) is 0. The maximum absolute atomic E-state index is 14.4. The number of cyclic esters (lactones) is 1. The van der Waals surface area contributed by atoms with Gasteiger partial charge in [-0.2, -0.15) is 0 Å². The number of aromatic nitrogens is 1. The Hall–Kier alpha value is -3.84. The molecule has 1 fully saturated rings. The van der Waals surface area contributed by atoms with Crippen LogP contribution in [-0.4, -0.2) is 39.3 Å². The number of nitrogens with zero attached hydrogens (tertiary/aromatic N) is 1. The molecule has 2 N–H and O–H groups in total. The first kappa shape index (κ1) is 25.8. The number of aliphatic hydroxyl groups excluding tert-OH is 1. The quantitative estimate of drug-likeness (QED) is 0.408. The van der Waals surface area contributed by atoms with Crippen LogP contribution in [0.4, 0.5) is 4.39 Å². The molecule has 196 valence electrons. The lowest BCUT2D eigenvalue weighted by Crippen LogP contribution is -2.31. The molecule has 1 saturated heterocycles. The molecule has 0 spiro atoms. The third-order valence-electron chi connectivity index (χ3n) is 7.21. The SMILES string of the molecule is CC(C)c1nc2c(c(-c3ccc(F)c(C(=O)O)c3)c1C=C[C@@H]1CC(O)CC(=O)O1)CCCc1ccccc1-2. The van der Waals surface area contributed by atoms with E-state index in [4.69, 9.17) is 9.72 Å². The van der Waals surface area contributed by atoms with Crippen molar-refractivity contribution < 1.29 is 28.9 Å². The van der Waals surface area contributed by atoms with Crippen LogP contribution in [0.5, 0.6) is 0 Å². The summed E-state index contributed by atoms with van der Waals surface area (Å²) in [5, 5.41) is 19.7. The van der Waals surface area contributed by atoms with E-state index in [0.717, 1.165) is 46.5 Å². The van der Waals surface area contributed by atoms with E-state index in [9.17, 15) is 24.2 Å². The largest absolute Gasteiger partial charge is 0.478 e. The highest BCUT2D eigenvalue weighted by Crippen LogP contribution is 2.42. The maximum Gasteiger partial charge on any atom is 0.338 e. The number of carbonyl (C=O) groups is 2. The number of fused-ring (bicyclic) bond motifs is 3. The molecule has 1 aliphatic heterocycles. The summed E-state index contributed by atoms with van der Waals surface area (Å²) in [4.78, 5) is 28.9. The molecule has 3 aromatic rings. The molecule has 6 nitrogen and oxygen atoms in total. The highest BCUT2D eigenvalue weighted by Gasteiger charge is 2.28. The number of esters is 1. The van der Waals surface area contributed by atoms with Crippen LogP contribution in [0.2, 0.25) is 0 Å². The second-order valence-corrected chi connectivity index (χ2v) is 10.3. The van der Waals surface area contributed by atoms with Crippen LogP contribution in [0.25, 0.3) is 28.5 Å². The predicted molar refractivity (Wildman–Crippen MR) is 142 cm³/mol. The Bertz CT molecular complexity index is 1440. The Labute approximate surface area is 220 Å². The molecule has 2 heterocycles. The second kappa shape index (κ2) is 10.5. The third-order valence-corrected chi connectivity index (χ3v) is 7.21. The van der Waals surface area contributed by atoms with E-state index < -0.39 is 35.5 Å². The fourth-order valence-electron chi connectivity index (χ4n) is 5.46. The number of carboxylic acids is 1. The smallest absolute Gasteiger partial charge is 0.338 e. The number of hydrogen-bond acceptors (Lipinski definition) is 5. The summed E-state index contributed by atoms with van der Waals surface area (Å²) in [6.45, 7) is 4.08. The van der Waals surface area contributed by atoms with E-state index >= 15 is 0 Å². The van der Waals surface area contributed by atoms with E-state index in [0.29, 0.717) is 18.4 Å². The zero-order valence-corrected chi connectivity index (χ0v) is 21.4. The van der Waals surface area contributed by atoms with Gasteiger partial charge in [-0.05, 0) is 65.6 Å². The van der Waals surface area contributed by atoms with Gasteiger partial charge < -0.3 is 14.9 Å². The lowest BCUT2D eigenvalue weighted by Gasteiger charge is -2.25. The first-order valence-electron chi connectivity index (χ1n) is 13.0. The average Bonchev–Trinajstić information content (AvgIpc) is 3.05.